The Labute approximate surface area is 206 Å². The van der Waals surface area contributed by atoms with Crippen LogP contribution < -0.4 is 0 Å². The molecule has 3 aliphatic heterocycles. The Kier molecular flexibility index (Phi) is 5.42. The molecular weight excluding hydrogens is 506 g/mol. The lowest BCUT2D eigenvalue weighted by Crippen LogP contribution is -2.27. The van der Waals surface area contributed by atoms with Crippen LogP contribution >= 0.6 is 0 Å². The third-order valence-corrected chi connectivity index (χ3v) is 9.69. The number of carbonyl (C=O) groups excluding carboxylic acids is 3. The third kappa shape index (κ3) is 3.47. The lowest BCUT2D eigenvalue weighted by Gasteiger charge is -2.14. The number of hydrogen-bond acceptors (Lipinski definition) is 8. The maximum Gasteiger partial charge on any atom is 0.234 e. The van der Waals surface area contributed by atoms with Crippen LogP contribution in [0.2, 0.25) is 0 Å². The number of ketones is 1. The number of nitrogens with zero attached hydrogens (tertiary/aromatic N) is 1. The van der Waals surface area contributed by atoms with Gasteiger partial charge >= 0.3 is 0 Å². The molecule has 2 aromatic rings. The number of amides is 2. The first-order valence-corrected chi connectivity index (χ1v) is 13.6. The number of imide groups is 1. The quantitative estimate of drug-likeness (QED) is 0.366. The van der Waals surface area contributed by atoms with E-state index >= 15 is 0 Å². The van der Waals surface area contributed by atoms with E-state index in [-0.39, 0.29) is 39.5 Å². The number of aliphatic hydroxyl groups excluding tert-OH is 1. The van der Waals surface area contributed by atoms with E-state index in [1.807, 2.05) is 0 Å². The number of hydrogen-bond donors (Lipinski definition) is 1. The number of rotatable bonds is 4. The number of aliphatic hydroxyl groups is 1. The van der Waals surface area contributed by atoms with E-state index in [0.29, 0.717) is 0 Å². The molecule has 0 saturated carbocycles. The summed E-state index contributed by atoms with van der Waals surface area (Å²) in [6.07, 6.45) is 4.07. The topological polar surface area (TPSA) is 143 Å². The van der Waals surface area contributed by atoms with Gasteiger partial charge in [-0.3, -0.25) is 19.3 Å². The fraction of sp³-hybridized carbons (Fsp3) is 0.0800. The molecule has 1 saturated heterocycles. The zero-order valence-corrected chi connectivity index (χ0v) is 20.0. The van der Waals surface area contributed by atoms with Gasteiger partial charge in [-0.05, 0) is 48.6 Å². The molecule has 3 heterocycles. The largest absolute Gasteiger partial charge is 0.506 e. The van der Waals surface area contributed by atoms with Crippen molar-refractivity contribution in [3.63, 3.8) is 0 Å². The number of carbonyl (C=O) groups is 3. The second-order valence-electron chi connectivity index (χ2n) is 8.12. The number of sulfone groups is 2. The van der Waals surface area contributed by atoms with Crippen LogP contribution in [-0.4, -0.2) is 44.4 Å². The van der Waals surface area contributed by atoms with Gasteiger partial charge in [0.1, 0.15) is 15.6 Å². The van der Waals surface area contributed by atoms with Crippen molar-refractivity contribution in [2.45, 2.75) is 22.6 Å². The molecule has 9 nitrogen and oxygen atoms in total. The first-order valence-electron chi connectivity index (χ1n) is 10.7. The minimum Gasteiger partial charge on any atom is -0.506 e. The molecule has 5 rings (SSSR count). The minimum atomic E-state index is -4.13. The summed E-state index contributed by atoms with van der Waals surface area (Å²) in [6.45, 7) is 0. The average molecular weight is 524 g/mol. The first-order chi connectivity index (χ1) is 17.0. The van der Waals surface area contributed by atoms with Crippen molar-refractivity contribution in [3.8, 4) is 0 Å². The predicted molar refractivity (Wildman–Crippen MR) is 128 cm³/mol. The summed E-state index contributed by atoms with van der Waals surface area (Å²) in [4.78, 5) is 37.1. The molecular formula is C25H17NO8S2. The Morgan fingerprint density at radius 2 is 1.36 bits per heavy atom. The zero-order chi connectivity index (χ0) is 25.8. The molecule has 1 N–H and O–H groups in total. The zero-order valence-electron chi connectivity index (χ0n) is 18.4. The monoisotopic (exact) mass is 523 g/mol. The second kappa shape index (κ2) is 8.25. The van der Waals surface area contributed by atoms with Crippen LogP contribution in [0.15, 0.2) is 98.1 Å². The lowest BCUT2D eigenvalue weighted by atomic mass is 10.1. The maximum absolute atomic E-state index is 12.9. The highest BCUT2D eigenvalue weighted by Gasteiger charge is 2.39. The standard InChI is InChI=1S/C25H17NO8S2/c27-22-13-14-23(28)26(22)15(9-11-20-24(29)16-5-1-3-7-18(16)35(20,31)32)10-12-21-25(30)17-6-2-4-8-19(17)36(21,33)34/h1-12,29H,13-14H2. The van der Waals surface area contributed by atoms with Crippen molar-refractivity contribution in [2.75, 3.05) is 0 Å². The number of Topliss-reactive ketones (excluding diaryl/α,β-unsaturated/α-hetero) is 1. The van der Waals surface area contributed by atoms with E-state index in [9.17, 15) is 36.3 Å². The van der Waals surface area contributed by atoms with Crippen molar-refractivity contribution in [3.05, 3.63) is 99.5 Å². The van der Waals surface area contributed by atoms with E-state index in [1.54, 1.807) is 6.07 Å². The number of benzene rings is 2. The molecule has 182 valence electrons. The van der Waals surface area contributed by atoms with Gasteiger partial charge in [0.15, 0.2) is 0 Å². The third-order valence-electron chi connectivity index (χ3n) is 6.01. The summed E-state index contributed by atoms with van der Waals surface area (Å²) in [6, 6.07) is 11.5. The Morgan fingerprint density at radius 1 is 0.806 bits per heavy atom. The predicted octanol–water partition coefficient (Wildman–Crippen LogP) is 2.84. The molecule has 0 aliphatic carbocycles. The van der Waals surface area contributed by atoms with Crippen molar-refractivity contribution >= 4 is 43.0 Å². The van der Waals surface area contributed by atoms with Gasteiger partial charge < -0.3 is 5.11 Å². The van der Waals surface area contributed by atoms with Gasteiger partial charge in [-0.1, -0.05) is 24.3 Å². The van der Waals surface area contributed by atoms with E-state index in [0.717, 1.165) is 29.2 Å². The van der Waals surface area contributed by atoms with Crippen LogP contribution in [0.3, 0.4) is 0 Å². The van der Waals surface area contributed by atoms with E-state index < -0.39 is 52.8 Å². The molecule has 0 atom stereocenters. The van der Waals surface area contributed by atoms with Crippen LogP contribution in [0.25, 0.3) is 5.76 Å². The van der Waals surface area contributed by atoms with Gasteiger partial charge in [0.25, 0.3) is 0 Å². The summed E-state index contributed by atoms with van der Waals surface area (Å²) < 4.78 is 51.6. The Bertz CT molecular complexity index is 1710. The molecule has 1 fully saturated rings. The van der Waals surface area contributed by atoms with Crippen LogP contribution in [0.4, 0.5) is 0 Å². The highest BCUT2D eigenvalue weighted by molar-refractivity contribution is 7.97. The lowest BCUT2D eigenvalue weighted by molar-refractivity contribution is -0.135. The van der Waals surface area contributed by atoms with Crippen LogP contribution in [0.5, 0.6) is 0 Å². The van der Waals surface area contributed by atoms with Gasteiger partial charge in [-0.25, -0.2) is 16.8 Å². The summed E-state index contributed by atoms with van der Waals surface area (Å²) >= 11 is 0. The van der Waals surface area contributed by atoms with E-state index in [4.69, 9.17) is 0 Å². The molecule has 11 heteroatoms. The van der Waals surface area contributed by atoms with Crippen LogP contribution in [-0.2, 0) is 29.3 Å². The summed E-state index contributed by atoms with van der Waals surface area (Å²) in [5, 5.41) is 10.5. The van der Waals surface area contributed by atoms with Gasteiger partial charge in [-0.2, -0.15) is 0 Å². The highest BCUT2D eigenvalue weighted by atomic mass is 32.2. The minimum absolute atomic E-state index is 0.00691. The molecule has 3 aliphatic rings. The van der Waals surface area contributed by atoms with Crippen LogP contribution in [0, 0.1) is 0 Å². The smallest absolute Gasteiger partial charge is 0.234 e. The summed E-state index contributed by atoms with van der Waals surface area (Å²) in [5.41, 5.74) is -0.0357. The fourth-order valence-corrected chi connectivity index (χ4v) is 7.37. The summed E-state index contributed by atoms with van der Waals surface area (Å²) in [5.74, 6) is -2.39. The molecule has 0 aromatic heterocycles. The molecule has 2 amide bonds. The maximum atomic E-state index is 12.9. The van der Waals surface area contributed by atoms with Gasteiger partial charge in [-0.15, -0.1) is 0 Å². The Hall–Kier alpha value is -4.09. The molecule has 0 bridgehead atoms. The van der Waals surface area contributed by atoms with Gasteiger partial charge in [0.05, 0.1) is 15.5 Å². The highest BCUT2D eigenvalue weighted by Crippen LogP contribution is 2.38. The number of fused-ring (bicyclic) bond motifs is 2. The Morgan fingerprint density at radius 3 is 1.94 bits per heavy atom. The molecule has 0 spiro atoms. The Balaban J connectivity index is 1.61. The summed E-state index contributed by atoms with van der Waals surface area (Å²) in [7, 11) is -8.20. The number of allylic oxidation sites excluding steroid dienone is 5. The molecule has 2 aromatic carbocycles. The van der Waals surface area contributed by atoms with Crippen molar-refractivity contribution < 1.29 is 36.3 Å². The number of likely N-dealkylation sites (tertiary alicyclic amines) is 1. The van der Waals surface area contributed by atoms with Crippen molar-refractivity contribution in [2.24, 2.45) is 0 Å². The average Bonchev–Trinajstić information content (AvgIpc) is 3.36. The fourth-order valence-electron chi connectivity index (χ4n) is 4.26. The molecule has 0 unspecified atom stereocenters. The second-order valence-corrected chi connectivity index (χ2v) is 11.9. The normalized spacial score (nSPS) is 21.7. The van der Waals surface area contributed by atoms with Gasteiger partial charge in [0, 0.05) is 24.0 Å². The van der Waals surface area contributed by atoms with Crippen molar-refractivity contribution in [1.29, 1.82) is 0 Å². The van der Waals surface area contributed by atoms with Crippen LogP contribution in [0.1, 0.15) is 28.8 Å². The van der Waals surface area contributed by atoms with Gasteiger partial charge in [0.2, 0.25) is 37.3 Å². The van der Waals surface area contributed by atoms with E-state index in [2.05, 4.69) is 0 Å². The van der Waals surface area contributed by atoms with Crippen molar-refractivity contribution in [1.82, 2.24) is 4.90 Å². The molecule has 36 heavy (non-hydrogen) atoms. The molecule has 0 radical (unpaired) electrons. The first kappa shape index (κ1) is 23.6. The SMILES string of the molecule is O=C1C(=CC=C(C=CC2=C(O)c3ccccc3S2(=O)=O)N2C(=O)CCC2=O)S(=O)(=O)c2ccccc21. The van der Waals surface area contributed by atoms with E-state index in [1.165, 1.54) is 42.5 Å².